The largest absolute Gasteiger partial charge is 0.378 e. The molecule has 1 N–H and O–H groups in total. The van der Waals surface area contributed by atoms with E-state index < -0.39 is 20.4 Å². The van der Waals surface area contributed by atoms with Crippen LogP contribution >= 0.6 is 0 Å². The molecule has 0 unspecified atom stereocenters. The molecule has 0 aromatic heterocycles. The Morgan fingerprint density at radius 3 is 2.25 bits per heavy atom. The van der Waals surface area contributed by atoms with Crippen LogP contribution in [0.3, 0.4) is 0 Å². The van der Waals surface area contributed by atoms with Gasteiger partial charge >= 0.3 is 5.69 Å². The van der Waals surface area contributed by atoms with E-state index >= 15 is 0 Å². The van der Waals surface area contributed by atoms with Gasteiger partial charge in [-0.25, -0.2) is 8.42 Å². The van der Waals surface area contributed by atoms with Crippen LogP contribution in [0.5, 0.6) is 0 Å². The van der Waals surface area contributed by atoms with Gasteiger partial charge in [-0.2, -0.15) is 0 Å². The first-order valence-electron chi connectivity index (χ1n) is 7.17. The Kier molecular flexibility index (Phi) is 5.08. The Hall–Kier alpha value is -2.61. The Bertz CT molecular complexity index is 846. The summed E-state index contributed by atoms with van der Waals surface area (Å²) in [5.41, 5.74) is 1.73. The van der Waals surface area contributed by atoms with Crippen molar-refractivity contribution in [2.45, 2.75) is 11.4 Å². The van der Waals surface area contributed by atoms with E-state index in [2.05, 4.69) is 5.32 Å². The Balaban J connectivity index is 2.28. The number of nitrogens with zero attached hydrogens (tertiary/aromatic N) is 2. The molecule has 0 aliphatic carbocycles. The van der Waals surface area contributed by atoms with Crippen LogP contribution in [0.1, 0.15) is 5.56 Å². The number of benzene rings is 2. The van der Waals surface area contributed by atoms with E-state index in [0.29, 0.717) is 6.54 Å². The number of hydrogen-bond donors (Lipinski definition) is 1. The maximum Gasteiger partial charge on any atom is 0.310 e. The van der Waals surface area contributed by atoms with Crippen LogP contribution < -0.4 is 10.2 Å². The van der Waals surface area contributed by atoms with Gasteiger partial charge in [0.1, 0.15) is 10.6 Å². The van der Waals surface area contributed by atoms with Crippen molar-refractivity contribution in [2.75, 3.05) is 30.6 Å². The summed E-state index contributed by atoms with van der Waals surface area (Å²) in [6.07, 6.45) is 0.957. The number of nitrogens with one attached hydrogen (secondary N) is 1. The minimum atomic E-state index is -3.69. The van der Waals surface area contributed by atoms with E-state index in [1.54, 1.807) is 0 Å². The first-order valence-corrected chi connectivity index (χ1v) is 9.07. The Morgan fingerprint density at radius 2 is 1.75 bits per heavy atom. The molecule has 128 valence electrons. The topological polar surface area (TPSA) is 92.6 Å². The molecule has 0 bridgehead atoms. The summed E-state index contributed by atoms with van der Waals surface area (Å²) < 4.78 is 23.5. The standard InChI is InChI=1S/C16H19N3O4S/c1-18(2)13-9-7-12(8-10-13)11-17-14-5-4-6-15(24(3,22)23)16(14)19(20)21/h4-10,17H,11H2,1-3H3. The summed E-state index contributed by atoms with van der Waals surface area (Å²) in [6, 6.07) is 11.9. The normalized spacial score (nSPS) is 11.1. The SMILES string of the molecule is CN(C)c1ccc(CNc2cccc(S(C)(=O)=O)c2[N+](=O)[O-])cc1. The van der Waals surface area contributed by atoms with Gasteiger partial charge < -0.3 is 10.2 Å². The molecule has 0 amide bonds. The smallest absolute Gasteiger partial charge is 0.310 e. The van der Waals surface area contributed by atoms with Gasteiger partial charge in [-0.1, -0.05) is 18.2 Å². The molecule has 2 aromatic rings. The molecule has 0 saturated heterocycles. The van der Waals surface area contributed by atoms with Crippen LogP contribution in [0.2, 0.25) is 0 Å². The zero-order valence-electron chi connectivity index (χ0n) is 13.7. The lowest BCUT2D eigenvalue weighted by atomic mass is 10.2. The first kappa shape index (κ1) is 17.7. The van der Waals surface area contributed by atoms with E-state index in [1.165, 1.54) is 18.2 Å². The highest BCUT2D eigenvalue weighted by atomic mass is 32.2. The number of para-hydroxylation sites is 1. The van der Waals surface area contributed by atoms with Crippen molar-refractivity contribution in [3.8, 4) is 0 Å². The third kappa shape index (κ3) is 4.02. The second-order valence-corrected chi connectivity index (χ2v) is 7.58. The van der Waals surface area contributed by atoms with Gasteiger partial charge in [-0.3, -0.25) is 10.1 Å². The molecule has 0 heterocycles. The van der Waals surface area contributed by atoms with Crippen LogP contribution in [-0.2, 0) is 16.4 Å². The van der Waals surface area contributed by atoms with Gasteiger partial charge in [-0.05, 0) is 29.8 Å². The molecule has 0 radical (unpaired) electrons. The summed E-state index contributed by atoms with van der Waals surface area (Å²) in [5, 5.41) is 14.3. The highest BCUT2D eigenvalue weighted by Gasteiger charge is 2.25. The van der Waals surface area contributed by atoms with Gasteiger partial charge in [0.25, 0.3) is 0 Å². The summed E-state index contributed by atoms with van der Waals surface area (Å²) in [7, 11) is 0.189. The Morgan fingerprint density at radius 1 is 1.12 bits per heavy atom. The molecule has 7 nitrogen and oxygen atoms in total. The van der Waals surface area contributed by atoms with Crippen LogP contribution in [0.4, 0.5) is 17.1 Å². The lowest BCUT2D eigenvalue weighted by molar-refractivity contribution is -0.386. The summed E-state index contributed by atoms with van der Waals surface area (Å²) in [4.78, 5) is 12.3. The maximum absolute atomic E-state index is 11.7. The van der Waals surface area contributed by atoms with E-state index in [1.807, 2.05) is 43.3 Å². The van der Waals surface area contributed by atoms with Gasteiger partial charge in [0, 0.05) is 32.6 Å². The molecule has 2 rings (SSSR count). The van der Waals surface area contributed by atoms with E-state index in [9.17, 15) is 18.5 Å². The van der Waals surface area contributed by atoms with E-state index in [-0.39, 0.29) is 10.6 Å². The molecule has 24 heavy (non-hydrogen) atoms. The zero-order valence-corrected chi connectivity index (χ0v) is 14.5. The van der Waals surface area contributed by atoms with Gasteiger partial charge in [0.2, 0.25) is 0 Å². The first-order chi connectivity index (χ1) is 11.2. The molecule has 0 spiro atoms. The summed E-state index contributed by atoms with van der Waals surface area (Å²) in [6.45, 7) is 0.349. The molecular formula is C16H19N3O4S. The molecular weight excluding hydrogens is 330 g/mol. The van der Waals surface area contributed by atoms with Gasteiger partial charge in [0.05, 0.1) is 4.92 Å². The second kappa shape index (κ2) is 6.88. The molecule has 0 aliphatic heterocycles. The number of sulfone groups is 1. The van der Waals surface area contributed by atoms with E-state index in [4.69, 9.17) is 0 Å². The van der Waals surface area contributed by atoms with Gasteiger partial charge in [0.15, 0.2) is 9.84 Å². The molecule has 0 aliphatic rings. The number of hydrogen-bond acceptors (Lipinski definition) is 6. The molecule has 2 aromatic carbocycles. The number of nitro groups is 1. The molecule has 0 atom stereocenters. The highest BCUT2D eigenvalue weighted by molar-refractivity contribution is 7.90. The lowest BCUT2D eigenvalue weighted by Crippen LogP contribution is -2.09. The second-order valence-electron chi connectivity index (χ2n) is 5.60. The number of nitro benzene ring substituents is 1. The van der Waals surface area contributed by atoms with Crippen LogP contribution in [-0.4, -0.2) is 33.7 Å². The monoisotopic (exact) mass is 349 g/mol. The van der Waals surface area contributed by atoms with Crippen molar-refractivity contribution in [2.24, 2.45) is 0 Å². The number of anilines is 2. The maximum atomic E-state index is 11.7. The Labute approximate surface area is 141 Å². The van der Waals surface area contributed by atoms with Gasteiger partial charge in [-0.15, -0.1) is 0 Å². The minimum Gasteiger partial charge on any atom is -0.378 e. The fourth-order valence-electron chi connectivity index (χ4n) is 2.26. The van der Waals surface area contributed by atoms with Crippen molar-refractivity contribution < 1.29 is 13.3 Å². The highest BCUT2D eigenvalue weighted by Crippen LogP contribution is 2.32. The van der Waals surface area contributed by atoms with Crippen molar-refractivity contribution in [1.29, 1.82) is 0 Å². The van der Waals surface area contributed by atoms with Crippen molar-refractivity contribution in [3.63, 3.8) is 0 Å². The van der Waals surface area contributed by atoms with Crippen LogP contribution in [0, 0.1) is 10.1 Å². The fourth-order valence-corrected chi connectivity index (χ4v) is 3.12. The van der Waals surface area contributed by atoms with E-state index in [0.717, 1.165) is 17.5 Å². The predicted molar refractivity (Wildman–Crippen MR) is 94.3 cm³/mol. The predicted octanol–water partition coefficient (Wildman–Crippen LogP) is 2.68. The van der Waals surface area contributed by atoms with Crippen molar-refractivity contribution >= 4 is 26.9 Å². The third-order valence-corrected chi connectivity index (χ3v) is 4.65. The molecule has 8 heteroatoms. The zero-order chi connectivity index (χ0) is 17.9. The summed E-state index contributed by atoms with van der Waals surface area (Å²) >= 11 is 0. The van der Waals surface area contributed by atoms with Crippen LogP contribution in [0.25, 0.3) is 0 Å². The molecule has 0 saturated carbocycles. The average molecular weight is 349 g/mol. The summed E-state index contributed by atoms with van der Waals surface area (Å²) in [5.74, 6) is 0. The number of rotatable bonds is 6. The average Bonchev–Trinajstić information content (AvgIpc) is 2.51. The lowest BCUT2D eigenvalue weighted by Gasteiger charge is -2.13. The van der Waals surface area contributed by atoms with Crippen molar-refractivity contribution in [3.05, 3.63) is 58.1 Å². The molecule has 0 fully saturated rings. The minimum absolute atomic E-state index is 0.180. The van der Waals surface area contributed by atoms with Crippen molar-refractivity contribution in [1.82, 2.24) is 0 Å². The van der Waals surface area contributed by atoms with Crippen LogP contribution in [0.15, 0.2) is 47.4 Å². The third-order valence-electron chi connectivity index (χ3n) is 3.52. The quantitative estimate of drug-likeness (QED) is 0.637. The fraction of sp³-hybridized carbons (Fsp3) is 0.250.